The van der Waals surface area contributed by atoms with E-state index in [2.05, 4.69) is 24.9 Å². The summed E-state index contributed by atoms with van der Waals surface area (Å²) in [5.41, 5.74) is 4.93. The summed E-state index contributed by atoms with van der Waals surface area (Å²) in [5.74, 6) is 0.990. The van der Waals surface area contributed by atoms with Gasteiger partial charge in [0.05, 0.1) is 12.1 Å². The zero-order valence-corrected chi connectivity index (χ0v) is 9.00. The molecule has 76 valence electrons. The second-order valence-electron chi connectivity index (χ2n) is 4.05. The van der Waals surface area contributed by atoms with E-state index in [0.29, 0.717) is 0 Å². The molecule has 0 N–H and O–H groups in total. The molecule has 1 aliphatic heterocycles. The number of rotatable bonds is 0. The Kier molecular flexibility index (Phi) is 1.72. The fourth-order valence-electron chi connectivity index (χ4n) is 2.28. The predicted octanol–water partition coefficient (Wildman–Crippen LogP) is 2.79. The Hall–Kier alpha value is -1.57. The van der Waals surface area contributed by atoms with Gasteiger partial charge < -0.3 is 4.74 Å². The summed E-state index contributed by atoms with van der Waals surface area (Å²) in [6.45, 7) is 5.02. The lowest BCUT2D eigenvalue weighted by atomic mass is 9.97. The summed E-state index contributed by atoms with van der Waals surface area (Å²) >= 11 is 0. The van der Waals surface area contributed by atoms with Crippen molar-refractivity contribution < 1.29 is 4.74 Å². The third-order valence-corrected chi connectivity index (χ3v) is 3.20. The SMILES string of the molecule is Cc1nc2cccc3c2c(c1C)CCO3. The third-order valence-electron chi connectivity index (χ3n) is 3.20. The minimum Gasteiger partial charge on any atom is -0.493 e. The molecule has 0 bridgehead atoms. The van der Waals surface area contributed by atoms with Gasteiger partial charge in [-0.05, 0) is 37.1 Å². The molecular weight excluding hydrogens is 186 g/mol. The summed E-state index contributed by atoms with van der Waals surface area (Å²) in [6.07, 6.45) is 1.00. The second-order valence-corrected chi connectivity index (χ2v) is 4.05. The number of pyridine rings is 1. The molecule has 0 fully saturated rings. The van der Waals surface area contributed by atoms with E-state index in [1.54, 1.807) is 0 Å². The smallest absolute Gasteiger partial charge is 0.128 e. The Morgan fingerprint density at radius 1 is 1.27 bits per heavy atom. The minimum atomic E-state index is 0.788. The van der Waals surface area contributed by atoms with Crippen molar-refractivity contribution in [2.45, 2.75) is 20.3 Å². The van der Waals surface area contributed by atoms with Crippen LogP contribution >= 0.6 is 0 Å². The predicted molar refractivity (Wildman–Crippen MR) is 60.4 cm³/mol. The maximum atomic E-state index is 5.65. The Labute approximate surface area is 88.9 Å². The molecule has 15 heavy (non-hydrogen) atoms. The summed E-state index contributed by atoms with van der Waals surface area (Å²) in [7, 11) is 0. The molecule has 0 aliphatic carbocycles. The van der Waals surface area contributed by atoms with Gasteiger partial charge in [-0.15, -0.1) is 0 Å². The Morgan fingerprint density at radius 2 is 2.13 bits per heavy atom. The molecule has 2 aromatic rings. The van der Waals surface area contributed by atoms with Crippen LogP contribution in [0.2, 0.25) is 0 Å². The van der Waals surface area contributed by atoms with Crippen LogP contribution in [0.4, 0.5) is 0 Å². The highest BCUT2D eigenvalue weighted by molar-refractivity contribution is 5.90. The molecule has 0 unspecified atom stereocenters. The first-order chi connectivity index (χ1) is 7.27. The van der Waals surface area contributed by atoms with Crippen molar-refractivity contribution in [1.29, 1.82) is 0 Å². The Balaban J connectivity index is 2.51. The van der Waals surface area contributed by atoms with Gasteiger partial charge in [-0.2, -0.15) is 0 Å². The largest absolute Gasteiger partial charge is 0.493 e. The lowest BCUT2D eigenvalue weighted by Gasteiger charge is -2.20. The number of benzene rings is 1. The number of aryl methyl sites for hydroxylation is 1. The first kappa shape index (κ1) is 8.72. The molecule has 2 heteroatoms. The monoisotopic (exact) mass is 199 g/mol. The molecule has 2 nitrogen and oxygen atoms in total. The average Bonchev–Trinajstić information content (AvgIpc) is 2.26. The molecule has 0 atom stereocenters. The van der Waals surface area contributed by atoms with Crippen LogP contribution in [0, 0.1) is 13.8 Å². The molecule has 2 heterocycles. The maximum absolute atomic E-state index is 5.65. The maximum Gasteiger partial charge on any atom is 0.128 e. The van der Waals surface area contributed by atoms with Crippen molar-refractivity contribution in [3.05, 3.63) is 35.0 Å². The molecule has 0 saturated heterocycles. The van der Waals surface area contributed by atoms with Gasteiger partial charge in [-0.3, -0.25) is 4.98 Å². The van der Waals surface area contributed by atoms with Crippen LogP contribution in [-0.2, 0) is 6.42 Å². The highest BCUT2D eigenvalue weighted by Crippen LogP contribution is 2.34. The van der Waals surface area contributed by atoms with Gasteiger partial charge in [-0.1, -0.05) is 6.07 Å². The zero-order valence-electron chi connectivity index (χ0n) is 9.00. The van der Waals surface area contributed by atoms with Crippen molar-refractivity contribution in [2.24, 2.45) is 0 Å². The van der Waals surface area contributed by atoms with Gasteiger partial charge in [-0.25, -0.2) is 0 Å². The molecule has 0 amide bonds. The summed E-state index contributed by atoms with van der Waals surface area (Å²) in [4.78, 5) is 4.60. The van der Waals surface area contributed by atoms with E-state index in [4.69, 9.17) is 4.74 Å². The van der Waals surface area contributed by atoms with Gasteiger partial charge in [0.15, 0.2) is 0 Å². The molecule has 3 rings (SSSR count). The van der Waals surface area contributed by atoms with Crippen LogP contribution < -0.4 is 4.74 Å². The number of nitrogens with zero attached hydrogens (tertiary/aromatic N) is 1. The van der Waals surface area contributed by atoms with Gasteiger partial charge >= 0.3 is 0 Å². The van der Waals surface area contributed by atoms with Crippen LogP contribution in [0.15, 0.2) is 18.2 Å². The van der Waals surface area contributed by atoms with E-state index in [1.807, 2.05) is 12.1 Å². The van der Waals surface area contributed by atoms with Crippen molar-refractivity contribution in [3.8, 4) is 5.75 Å². The van der Waals surface area contributed by atoms with E-state index in [0.717, 1.165) is 30.0 Å². The van der Waals surface area contributed by atoms with Gasteiger partial charge in [0.2, 0.25) is 0 Å². The number of hydrogen-bond donors (Lipinski definition) is 0. The fraction of sp³-hybridized carbons (Fsp3) is 0.308. The quantitative estimate of drug-likeness (QED) is 0.651. The van der Waals surface area contributed by atoms with Gasteiger partial charge in [0, 0.05) is 17.5 Å². The van der Waals surface area contributed by atoms with Crippen molar-refractivity contribution >= 4 is 10.9 Å². The lowest BCUT2D eigenvalue weighted by Crippen LogP contribution is -2.11. The summed E-state index contributed by atoms with van der Waals surface area (Å²) in [5, 5.41) is 1.21. The molecule has 0 radical (unpaired) electrons. The van der Waals surface area contributed by atoms with Crippen molar-refractivity contribution in [3.63, 3.8) is 0 Å². The molecule has 1 aliphatic rings. The molecule has 1 aromatic heterocycles. The molecular formula is C13H13NO. The molecule has 1 aromatic carbocycles. The second kappa shape index (κ2) is 2.96. The number of aromatic nitrogens is 1. The first-order valence-electron chi connectivity index (χ1n) is 5.29. The normalized spacial score (nSPS) is 14.0. The Morgan fingerprint density at radius 3 is 3.00 bits per heavy atom. The third kappa shape index (κ3) is 1.14. The van der Waals surface area contributed by atoms with Crippen LogP contribution in [0.25, 0.3) is 10.9 Å². The summed E-state index contributed by atoms with van der Waals surface area (Å²) in [6, 6.07) is 6.10. The van der Waals surface area contributed by atoms with E-state index in [9.17, 15) is 0 Å². The van der Waals surface area contributed by atoms with E-state index in [-0.39, 0.29) is 0 Å². The standard InChI is InChI=1S/C13H13NO/c1-8-9(2)14-11-4-3-5-12-13(11)10(8)6-7-15-12/h3-5H,6-7H2,1-2H3. The van der Waals surface area contributed by atoms with Crippen molar-refractivity contribution in [1.82, 2.24) is 4.98 Å². The van der Waals surface area contributed by atoms with E-state index in [1.165, 1.54) is 16.5 Å². The topological polar surface area (TPSA) is 22.1 Å². The van der Waals surface area contributed by atoms with Crippen molar-refractivity contribution in [2.75, 3.05) is 6.61 Å². The van der Waals surface area contributed by atoms with Gasteiger partial charge in [0.1, 0.15) is 5.75 Å². The number of ether oxygens (including phenoxy) is 1. The zero-order chi connectivity index (χ0) is 10.4. The highest BCUT2D eigenvalue weighted by atomic mass is 16.5. The molecule has 0 saturated carbocycles. The lowest BCUT2D eigenvalue weighted by molar-refractivity contribution is 0.317. The van der Waals surface area contributed by atoms with E-state index < -0.39 is 0 Å². The van der Waals surface area contributed by atoms with Crippen LogP contribution in [-0.4, -0.2) is 11.6 Å². The first-order valence-corrected chi connectivity index (χ1v) is 5.29. The van der Waals surface area contributed by atoms with Crippen LogP contribution in [0.1, 0.15) is 16.8 Å². The fourth-order valence-corrected chi connectivity index (χ4v) is 2.28. The Bertz CT molecular complexity index is 546. The van der Waals surface area contributed by atoms with E-state index >= 15 is 0 Å². The van der Waals surface area contributed by atoms with Crippen LogP contribution in [0.3, 0.4) is 0 Å². The minimum absolute atomic E-state index is 0.788. The summed E-state index contributed by atoms with van der Waals surface area (Å²) < 4.78 is 5.65. The van der Waals surface area contributed by atoms with Crippen LogP contribution in [0.5, 0.6) is 5.75 Å². The number of hydrogen-bond acceptors (Lipinski definition) is 2. The van der Waals surface area contributed by atoms with Gasteiger partial charge in [0.25, 0.3) is 0 Å². The molecule has 0 spiro atoms. The highest BCUT2D eigenvalue weighted by Gasteiger charge is 2.17. The average molecular weight is 199 g/mol.